The third kappa shape index (κ3) is 67.0. The Labute approximate surface area is 530 Å². The summed E-state index contributed by atoms with van der Waals surface area (Å²) in [6.45, 7) is 4.38. The van der Waals surface area contributed by atoms with Crippen LogP contribution in [0, 0.1) is 0 Å². The second kappa shape index (κ2) is 65.6. The summed E-state index contributed by atoms with van der Waals surface area (Å²) in [6.07, 6.45) is 102. The van der Waals surface area contributed by atoms with Gasteiger partial charge >= 0.3 is 11.9 Å². The molecule has 2 unspecified atom stereocenters. The van der Waals surface area contributed by atoms with Crippen LogP contribution < -0.4 is 5.11 Å². The van der Waals surface area contributed by atoms with Gasteiger partial charge in [0, 0.05) is 12.8 Å². The molecule has 0 fully saturated rings. The summed E-state index contributed by atoms with van der Waals surface area (Å²) in [6, 6.07) is 0. The average molecular weight is 1200 g/mol. The van der Waals surface area contributed by atoms with E-state index in [2.05, 4.69) is 233 Å². The van der Waals surface area contributed by atoms with E-state index in [1.165, 1.54) is 0 Å². The number of carbonyl (C=O) groups is 3. The summed E-state index contributed by atoms with van der Waals surface area (Å²) in [5.41, 5.74) is 0. The average Bonchev–Trinajstić information content (AvgIpc) is 3.55. The van der Waals surface area contributed by atoms with Gasteiger partial charge in [0.15, 0.2) is 12.4 Å². The van der Waals surface area contributed by atoms with Gasteiger partial charge in [0.05, 0.1) is 40.3 Å². The van der Waals surface area contributed by atoms with Gasteiger partial charge in [-0.3, -0.25) is 9.59 Å². The van der Waals surface area contributed by atoms with E-state index in [0.717, 1.165) is 154 Å². The molecule has 0 aliphatic rings. The number of aliphatic carboxylic acids is 1. The van der Waals surface area contributed by atoms with E-state index in [-0.39, 0.29) is 32.7 Å². The van der Waals surface area contributed by atoms with Crippen molar-refractivity contribution in [3.63, 3.8) is 0 Å². The minimum Gasteiger partial charge on any atom is -0.545 e. The summed E-state index contributed by atoms with van der Waals surface area (Å²) in [4.78, 5) is 37.4. The molecule has 0 spiro atoms. The Bertz CT molecular complexity index is 2230. The van der Waals surface area contributed by atoms with Gasteiger partial charge in [-0.1, -0.05) is 252 Å². The van der Waals surface area contributed by atoms with Crippen LogP contribution in [-0.2, 0) is 33.3 Å². The standard InChI is InChI=1S/C78H117NO8/c1-6-8-10-12-14-16-18-20-22-24-26-28-30-31-32-33-34-35-36-37-38-39-40-41-42-43-44-45-47-49-51-53-55-57-59-61-63-65-67-69-76(81)87-74(73-86-78(77(82)83)84-71-70-79(3,4)5)72-85-75(80)68-66-64-62-60-58-56-54-52-50-48-46-29-27-25-23-21-19-17-15-13-11-9-7-2/h8-11,14-17,20-23,26-29,31-32,34-35,37-38,40-41,43-44,47-50,53-56,60,62,74,78H,6-7,12-13,18-19,24-25,30,33,36,39,42,45-46,51-52,57-59,61,63-73H2,1-5H3/b10-8-,11-9-,16-14-,17-15-,22-20-,23-21-,28-26-,29-27-,32-31-,35-34-,38-37-,41-40-,44-43-,49-47-,50-48-,55-53-,56-54-,62-60-. The Hall–Kier alpha value is -6.39. The highest BCUT2D eigenvalue weighted by Gasteiger charge is 2.22. The number of likely N-dealkylation sites (N-methyl/N-ethyl adjacent to an activating group) is 1. The minimum atomic E-state index is -1.66. The molecule has 0 N–H and O–H groups in total. The Morgan fingerprint density at radius 2 is 0.632 bits per heavy atom. The SMILES string of the molecule is CC/C=C\C/C=C\C/C=C\C/C=C\C/C=C\C/C=C\C/C=C\C/C=C\C/C=C\C/C=C\C/C=C\CCCCCCCC(=O)OC(COC(=O)CCC/C=C\C/C=C\C/C=C\C/C=C\C/C=C\C/C=C\C/C=C\CC)COC(OCC[N+](C)(C)C)C(=O)[O-]. The Kier molecular flexibility index (Phi) is 60.8. The lowest BCUT2D eigenvalue weighted by molar-refractivity contribution is -0.870. The van der Waals surface area contributed by atoms with Gasteiger partial charge in [0.1, 0.15) is 13.2 Å². The molecule has 0 aromatic rings. The molecule has 0 aliphatic heterocycles. The van der Waals surface area contributed by atoms with Crippen LogP contribution in [0.1, 0.15) is 194 Å². The van der Waals surface area contributed by atoms with Gasteiger partial charge in [-0.2, -0.15) is 0 Å². The predicted molar refractivity (Wildman–Crippen MR) is 370 cm³/mol. The van der Waals surface area contributed by atoms with E-state index >= 15 is 0 Å². The first kappa shape index (κ1) is 80.6. The Morgan fingerprint density at radius 1 is 0.345 bits per heavy atom. The number of quaternary nitrogens is 1. The topological polar surface area (TPSA) is 111 Å². The molecule has 0 rings (SSSR count). The maximum Gasteiger partial charge on any atom is 0.306 e. The van der Waals surface area contributed by atoms with Gasteiger partial charge in [0.25, 0.3) is 0 Å². The van der Waals surface area contributed by atoms with Crippen molar-refractivity contribution in [2.45, 2.75) is 206 Å². The number of carbonyl (C=O) groups excluding carboxylic acids is 3. The number of allylic oxidation sites excluding steroid dienone is 36. The third-order valence-corrected chi connectivity index (χ3v) is 12.7. The van der Waals surface area contributed by atoms with Crippen LogP contribution in [0.25, 0.3) is 0 Å². The van der Waals surface area contributed by atoms with Crippen molar-refractivity contribution >= 4 is 17.9 Å². The largest absolute Gasteiger partial charge is 0.545 e. The van der Waals surface area contributed by atoms with Crippen molar-refractivity contribution in [2.24, 2.45) is 0 Å². The van der Waals surface area contributed by atoms with Gasteiger partial charge in [-0.15, -0.1) is 0 Å². The van der Waals surface area contributed by atoms with E-state index in [0.29, 0.717) is 23.9 Å². The highest BCUT2D eigenvalue weighted by molar-refractivity contribution is 5.70. The molecular weight excluding hydrogens is 1080 g/mol. The molecule has 482 valence electrons. The molecular formula is C78H117NO8. The van der Waals surface area contributed by atoms with Crippen LogP contribution in [0.3, 0.4) is 0 Å². The quantitative estimate of drug-likeness (QED) is 0.0195. The number of esters is 2. The van der Waals surface area contributed by atoms with Gasteiger partial charge in [0.2, 0.25) is 0 Å². The lowest BCUT2D eigenvalue weighted by Gasteiger charge is -2.26. The zero-order valence-electron chi connectivity index (χ0n) is 54.8. The normalized spacial score (nSPS) is 14.2. The summed E-state index contributed by atoms with van der Waals surface area (Å²) in [7, 11) is 5.88. The van der Waals surface area contributed by atoms with Crippen LogP contribution in [0.15, 0.2) is 219 Å². The van der Waals surface area contributed by atoms with Crippen LogP contribution in [-0.4, -0.2) is 82.3 Å². The van der Waals surface area contributed by atoms with Crippen molar-refractivity contribution in [1.82, 2.24) is 0 Å². The fourth-order valence-corrected chi connectivity index (χ4v) is 7.76. The molecule has 0 amide bonds. The molecule has 0 heterocycles. The van der Waals surface area contributed by atoms with Crippen LogP contribution in [0.2, 0.25) is 0 Å². The van der Waals surface area contributed by atoms with Crippen molar-refractivity contribution in [2.75, 3.05) is 47.5 Å². The second-order valence-electron chi connectivity index (χ2n) is 21.9. The Balaban J connectivity index is 4.36. The van der Waals surface area contributed by atoms with Gasteiger partial charge in [-0.25, -0.2) is 0 Å². The van der Waals surface area contributed by atoms with Crippen molar-refractivity contribution in [3.8, 4) is 0 Å². The second-order valence-corrected chi connectivity index (χ2v) is 21.9. The first-order chi connectivity index (χ1) is 42.6. The monoisotopic (exact) mass is 1200 g/mol. The minimum absolute atomic E-state index is 0.121. The molecule has 0 radical (unpaired) electrons. The number of hydrogen-bond acceptors (Lipinski definition) is 8. The van der Waals surface area contributed by atoms with Crippen LogP contribution in [0.4, 0.5) is 0 Å². The molecule has 0 saturated heterocycles. The summed E-state index contributed by atoms with van der Waals surface area (Å²) in [5.74, 6) is -2.42. The van der Waals surface area contributed by atoms with Crippen molar-refractivity contribution in [3.05, 3.63) is 219 Å². The molecule has 0 aromatic carbocycles. The van der Waals surface area contributed by atoms with Crippen LogP contribution >= 0.6 is 0 Å². The Morgan fingerprint density at radius 3 is 0.954 bits per heavy atom. The molecule has 0 bridgehead atoms. The highest BCUT2D eigenvalue weighted by atomic mass is 16.7. The fourth-order valence-electron chi connectivity index (χ4n) is 7.76. The number of unbranched alkanes of at least 4 members (excludes halogenated alkanes) is 6. The van der Waals surface area contributed by atoms with E-state index in [1.807, 2.05) is 21.1 Å². The lowest BCUT2D eigenvalue weighted by Crippen LogP contribution is -2.44. The summed E-state index contributed by atoms with van der Waals surface area (Å²) < 4.78 is 22.6. The molecule has 87 heavy (non-hydrogen) atoms. The molecule has 0 saturated carbocycles. The predicted octanol–water partition coefficient (Wildman–Crippen LogP) is 19.2. The summed E-state index contributed by atoms with van der Waals surface area (Å²) in [5, 5.41) is 11.8. The number of carboxylic acids is 1. The first-order valence-corrected chi connectivity index (χ1v) is 32.9. The number of nitrogens with zero attached hydrogens (tertiary/aromatic N) is 1. The number of carboxylic acid groups (broad SMARTS) is 1. The molecule has 9 heteroatoms. The zero-order chi connectivity index (χ0) is 63.3. The highest BCUT2D eigenvalue weighted by Crippen LogP contribution is 2.12. The van der Waals surface area contributed by atoms with Crippen molar-refractivity contribution < 1.29 is 42.9 Å². The summed E-state index contributed by atoms with van der Waals surface area (Å²) >= 11 is 0. The number of rotatable bonds is 57. The third-order valence-electron chi connectivity index (χ3n) is 12.7. The smallest absolute Gasteiger partial charge is 0.306 e. The van der Waals surface area contributed by atoms with E-state index in [9.17, 15) is 19.5 Å². The maximum absolute atomic E-state index is 12.9. The number of ether oxygens (including phenoxy) is 4. The molecule has 9 nitrogen and oxygen atoms in total. The molecule has 0 aromatic heterocycles. The van der Waals surface area contributed by atoms with E-state index < -0.39 is 30.3 Å². The molecule has 0 aliphatic carbocycles. The maximum atomic E-state index is 12.9. The van der Waals surface area contributed by atoms with Crippen molar-refractivity contribution in [1.29, 1.82) is 0 Å². The van der Waals surface area contributed by atoms with Crippen LogP contribution in [0.5, 0.6) is 0 Å². The first-order valence-electron chi connectivity index (χ1n) is 32.9. The lowest BCUT2D eigenvalue weighted by atomic mass is 10.1. The van der Waals surface area contributed by atoms with E-state index in [1.54, 1.807) is 0 Å². The number of hydrogen-bond donors (Lipinski definition) is 0. The van der Waals surface area contributed by atoms with Gasteiger partial charge in [-0.05, 0) is 148 Å². The molecule has 2 atom stereocenters. The van der Waals surface area contributed by atoms with E-state index in [4.69, 9.17) is 18.9 Å². The van der Waals surface area contributed by atoms with Gasteiger partial charge < -0.3 is 33.3 Å². The fraction of sp³-hybridized carbons (Fsp3) is 0.500. The zero-order valence-corrected chi connectivity index (χ0v) is 54.8.